The van der Waals surface area contributed by atoms with Crippen LogP contribution >= 0.6 is 11.3 Å². The van der Waals surface area contributed by atoms with Crippen LogP contribution in [0.5, 0.6) is 5.75 Å². The van der Waals surface area contributed by atoms with E-state index in [-0.39, 0.29) is 12.1 Å². The van der Waals surface area contributed by atoms with Crippen molar-refractivity contribution >= 4 is 23.1 Å². The summed E-state index contributed by atoms with van der Waals surface area (Å²) in [4.78, 5) is 18.8. The first-order valence-corrected chi connectivity index (χ1v) is 9.96. The third-order valence-electron chi connectivity index (χ3n) is 4.60. The van der Waals surface area contributed by atoms with Gasteiger partial charge in [0.2, 0.25) is 0 Å². The Balaban J connectivity index is 1.31. The lowest BCUT2D eigenvalue weighted by atomic mass is 10.2. The van der Waals surface area contributed by atoms with Crippen molar-refractivity contribution in [3.8, 4) is 5.75 Å². The van der Waals surface area contributed by atoms with Crippen LogP contribution in [0.1, 0.15) is 30.7 Å². The Hall–Kier alpha value is -2.12. The monoisotopic (exact) mass is 373 g/mol. The number of amides is 2. The van der Waals surface area contributed by atoms with Gasteiger partial charge in [-0.05, 0) is 49.9 Å². The minimum Gasteiger partial charge on any atom is -0.491 e. The van der Waals surface area contributed by atoms with Crippen LogP contribution in [0, 0.1) is 0 Å². The number of nitrogens with one attached hydrogen (secondary N) is 1. The molecule has 1 aromatic carbocycles. The van der Waals surface area contributed by atoms with Crippen molar-refractivity contribution in [3.63, 3.8) is 0 Å². The Bertz CT molecular complexity index is 710. The molecule has 26 heavy (non-hydrogen) atoms. The minimum atomic E-state index is -0.0734. The van der Waals surface area contributed by atoms with Gasteiger partial charge in [0.1, 0.15) is 17.4 Å². The van der Waals surface area contributed by atoms with Crippen molar-refractivity contribution in [1.29, 1.82) is 0 Å². The standard InChI is InChI=1S/C19H23N3O3S/c23-19(22(15-5-6-15)12-18-20-9-11-26-18)21-14-3-7-16(8-4-14)25-13-17-2-1-10-24-17/h3-4,7-9,11,15,17H,1-2,5-6,10,12-13H2,(H,21,23)/t17-/m1/s1. The quantitative estimate of drug-likeness (QED) is 0.799. The van der Waals surface area contributed by atoms with Crippen LogP contribution in [-0.4, -0.2) is 41.3 Å². The van der Waals surface area contributed by atoms with Crippen LogP contribution in [0.3, 0.4) is 0 Å². The molecule has 0 unspecified atom stereocenters. The number of hydrogen-bond acceptors (Lipinski definition) is 5. The molecule has 138 valence electrons. The average molecular weight is 373 g/mol. The Morgan fingerprint density at radius 2 is 2.15 bits per heavy atom. The lowest BCUT2D eigenvalue weighted by Gasteiger charge is -2.22. The minimum absolute atomic E-state index is 0.0734. The Morgan fingerprint density at radius 3 is 2.81 bits per heavy atom. The Morgan fingerprint density at radius 1 is 1.31 bits per heavy atom. The molecule has 1 saturated carbocycles. The van der Waals surface area contributed by atoms with Gasteiger partial charge in [-0.25, -0.2) is 9.78 Å². The summed E-state index contributed by atoms with van der Waals surface area (Å²) in [5.41, 5.74) is 0.768. The van der Waals surface area contributed by atoms with Gasteiger partial charge < -0.3 is 19.7 Å². The summed E-state index contributed by atoms with van der Waals surface area (Å²) in [7, 11) is 0. The molecule has 7 heteroatoms. The van der Waals surface area contributed by atoms with E-state index in [0.717, 1.165) is 48.7 Å². The maximum absolute atomic E-state index is 12.6. The second-order valence-corrected chi connectivity index (χ2v) is 7.66. The highest BCUT2D eigenvalue weighted by molar-refractivity contribution is 7.09. The lowest BCUT2D eigenvalue weighted by Crippen LogP contribution is -2.36. The second kappa shape index (κ2) is 8.05. The number of rotatable bonds is 7. The molecule has 6 nitrogen and oxygen atoms in total. The van der Waals surface area contributed by atoms with Crippen molar-refractivity contribution in [2.24, 2.45) is 0 Å². The van der Waals surface area contributed by atoms with E-state index in [2.05, 4.69) is 10.3 Å². The molecular weight excluding hydrogens is 350 g/mol. The van der Waals surface area contributed by atoms with Gasteiger partial charge in [-0.1, -0.05) is 0 Å². The zero-order chi connectivity index (χ0) is 17.8. The molecular formula is C19H23N3O3S. The Kier molecular flexibility index (Phi) is 5.36. The van der Waals surface area contributed by atoms with Gasteiger partial charge in [0.15, 0.2) is 0 Å². The molecule has 0 radical (unpaired) electrons. The van der Waals surface area contributed by atoms with Crippen LogP contribution in [-0.2, 0) is 11.3 Å². The molecule has 1 aliphatic heterocycles. The SMILES string of the molecule is O=C(Nc1ccc(OC[C@H]2CCCO2)cc1)N(Cc1nccs1)C1CC1. The second-order valence-electron chi connectivity index (χ2n) is 6.69. The number of carbonyl (C=O) groups excluding carboxylic acids is 1. The van der Waals surface area contributed by atoms with E-state index < -0.39 is 0 Å². The summed E-state index contributed by atoms with van der Waals surface area (Å²) in [5, 5.41) is 5.88. The third-order valence-corrected chi connectivity index (χ3v) is 5.37. The normalized spacial score (nSPS) is 19.3. The smallest absolute Gasteiger partial charge is 0.322 e. The zero-order valence-electron chi connectivity index (χ0n) is 14.6. The first-order chi connectivity index (χ1) is 12.8. The van der Waals surface area contributed by atoms with Crippen LogP contribution in [0.2, 0.25) is 0 Å². The van der Waals surface area contributed by atoms with Gasteiger partial charge in [0.05, 0.1) is 12.6 Å². The molecule has 2 aromatic rings. The highest BCUT2D eigenvalue weighted by Crippen LogP contribution is 2.29. The van der Waals surface area contributed by atoms with Gasteiger partial charge in [-0.3, -0.25) is 0 Å². The summed E-state index contributed by atoms with van der Waals surface area (Å²) in [5.74, 6) is 0.792. The number of urea groups is 1. The zero-order valence-corrected chi connectivity index (χ0v) is 15.4. The summed E-state index contributed by atoms with van der Waals surface area (Å²) < 4.78 is 11.3. The van der Waals surface area contributed by atoms with E-state index in [1.54, 1.807) is 17.5 Å². The summed E-state index contributed by atoms with van der Waals surface area (Å²) in [6.45, 7) is 1.98. The average Bonchev–Trinajstić information content (AvgIpc) is 3.13. The first kappa shape index (κ1) is 17.3. The number of thiazole rings is 1. The van der Waals surface area contributed by atoms with E-state index in [4.69, 9.17) is 9.47 Å². The largest absolute Gasteiger partial charge is 0.491 e. The molecule has 2 fully saturated rings. The number of nitrogens with zero attached hydrogens (tertiary/aromatic N) is 2. The van der Waals surface area contributed by atoms with Gasteiger partial charge in [0.25, 0.3) is 0 Å². The third kappa shape index (κ3) is 4.53. The number of anilines is 1. The van der Waals surface area contributed by atoms with Crippen LogP contribution in [0.4, 0.5) is 10.5 Å². The van der Waals surface area contributed by atoms with Gasteiger partial charge >= 0.3 is 6.03 Å². The molecule has 1 saturated heterocycles. The van der Waals surface area contributed by atoms with Crippen LogP contribution in [0.15, 0.2) is 35.8 Å². The maximum Gasteiger partial charge on any atom is 0.322 e. The van der Waals surface area contributed by atoms with Crippen molar-refractivity contribution in [2.75, 3.05) is 18.5 Å². The lowest BCUT2D eigenvalue weighted by molar-refractivity contribution is 0.0679. The highest BCUT2D eigenvalue weighted by atomic mass is 32.1. The molecule has 0 spiro atoms. The molecule has 4 rings (SSSR count). The van der Waals surface area contributed by atoms with E-state index in [1.165, 1.54) is 0 Å². The molecule has 2 heterocycles. The number of hydrogen-bond donors (Lipinski definition) is 1. The molecule has 2 amide bonds. The van der Waals surface area contributed by atoms with Gasteiger partial charge in [-0.15, -0.1) is 11.3 Å². The fourth-order valence-electron chi connectivity index (χ4n) is 3.02. The van der Waals surface area contributed by atoms with Crippen LogP contribution < -0.4 is 10.1 Å². The van der Waals surface area contributed by atoms with Crippen molar-refractivity contribution < 1.29 is 14.3 Å². The first-order valence-electron chi connectivity index (χ1n) is 9.08. The van der Waals surface area contributed by atoms with E-state index in [0.29, 0.717) is 19.2 Å². The summed E-state index contributed by atoms with van der Waals surface area (Å²) >= 11 is 1.58. The topological polar surface area (TPSA) is 63.7 Å². The van der Waals surface area contributed by atoms with Gasteiger partial charge in [0, 0.05) is 29.9 Å². The molecule has 1 aliphatic carbocycles. The van der Waals surface area contributed by atoms with E-state index >= 15 is 0 Å². The number of benzene rings is 1. The van der Waals surface area contributed by atoms with Gasteiger partial charge in [-0.2, -0.15) is 0 Å². The molecule has 2 aliphatic rings. The van der Waals surface area contributed by atoms with E-state index in [9.17, 15) is 4.79 Å². The fourth-order valence-corrected chi connectivity index (χ4v) is 3.64. The fraction of sp³-hybridized carbons (Fsp3) is 0.474. The molecule has 1 N–H and O–H groups in total. The van der Waals surface area contributed by atoms with E-state index in [1.807, 2.05) is 34.5 Å². The van der Waals surface area contributed by atoms with Crippen LogP contribution in [0.25, 0.3) is 0 Å². The summed E-state index contributed by atoms with van der Waals surface area (Å²) in [6.07, 6.45) is 6.27. The number of ether oxygens (including phenoxy) is 2. The highest BCUT2D eigenvalue weighted by Gasteiger charge is 2.33. The molecule has 1 atom stereocenters. The Labute approximate surface area is 157 Å². The predicted octanol–water partition coefficient (Wildman–Crippen LogP) is 3.90. The van der Waals surface area contributed by atoms with Crippen molar-refractivity contribution in [2.45, 2.75) is 44.4 Å². The maximum atomic E-state index is 12.6. The number of aromatic nitrogens is 1. The summed E-state index contributed by atoms with van der Waals surface area (Å²) in [6, 6.07) is 7.76. The molecule has 1 aromatic heterocycles. The molecule has 0 bridgehead atoms. The predicted molar refractivity (Wildman–Crippen MR) is 101 cm³/mol. The van der Waals surface area contributed by atoms with Crippen molar-refractivity contribution in [1.82, 2.24) is 9.88 Å². The number of carbonyl (C=O) groups is 1. The van der Waals surface area contributed by atoms with Crippen molar-refractivity contribution in [3.05, 3.63) is 40.8 Å².